The van der Waals surface area contributed by atoms with Crippen molar-refractivity contribution in [3.8, 4) is 0 Å². The van der Waals surface area contributed by atoms with E-state index >= 15 is 0 Å². The van der Waals surface area contributed by atoms with E-state index in [2.05, 4.69) is 78.0 Å². The van der Waals surface area contributed by atoms with Gasteiger partial charge in [-0.1, -0.05) is 109 Å². The molecule has 0 atom stereocenters. The Morgan fingerprint density at radius 1 is 0.756 bits per heavy atom. The highest BCUT2D eigenvalue weighted by molar-refractivity contribution is 6.02. The lowest BCUT2D eigenvalue weighted by Gasteiger charge is -2.36. The van der Waals surface area contributed by atoms with Gasteiger partial charge in [0.1, 0.15) is 11.2 Å². The van der Waals surface area contributed by atoms with Gasteiger partial charge in [-0.05, 0) is 47.3 Å². The van der Waals surface area contributed by atoms with Crippen LogP contribution in [0.5, 0.6) is 0 Å². The normalized spacial score (nSPS) is 19.9. The molecular weight excluding hydrogens is 560 g/mol. The van der Waals surface area contributed by atoms with Crippen molar-refractivity contribution in [2.45, 2.75) is 69.5 Å². The largest absolute Gasteiger partial charge is 0.388 e. The molecule has 4 aliphatic heterocycles. The van der Waals surface area contributed by atoms with Crippen molar-refractivity contribution in [1.82, 2.24) is 10.2 Å². The van der Waals surface area contributed by atoms with E-state index in [-0.39, 0.29) is 17.1 Å². The number of rotatable bonds is 5. The van der Waals surface area contributed by atoms with Crippen LogP contribution >= 0.6 is 0 Å². The standard InChI is InChI=1S/C25H28N2O2.C13H16N2O/c1-19(2)21-11-8-20(9-12-21)10-13-24(28)27-16-14-25(15-17-27)18-23(26-29-25)22-6-4-3-5-7-22;1-2-4-11(5-3-1)12-10-13(16-15-12)6-8-14-9-7-13/h3-13,19H,14-18H2,1-2H3;1-5,14H,6-10H2/b13-10+;. The van der Waals surface area contributed by atoms with Crippen LogP contribution in [0.1, 0.15) is 80.5 Å². The molecule has 0 aliphatic carbocycles. The summed E-state index contributed by atoms with van der Waals surface area (Å²) in [5.74, 6) is 0.578. The Hall–Kier alpha value is -4.23. The summed E-state index contributed by atoms with van der Waals surface area (Å²) < 4.78 is 0. The number of nitrogens with zero attached hydrogens (tertiary/aromatic N) is 3. The maximum Gasteiger partial charge on any atom is 0.246 e. The van der Waals surface area contributed by atoms with Crippen molar-refractivity contribution < 1.29 is 14.5 Å². The van der Waals surface area contributed by atoms with Crippen LogP contribution in [0.2, 0.25) is 0 Å². The fourth-order valence-corrected chi connectivity index (χ4v) is 6.43. The lowest BCUT2D eigenvalue weighted by Crippen LogP contribution is -2.46. The van der Waals surface area contributed by atoms with Crippen LogP contribution in [0.4, 0.5) is 0 Å². The lowest BCUT2D eigenvalue weighted by atomic mass is 9.85. The van der Waals surface area contributed by atoms with Crippen LogP contribution in [-0.2, 0) is 14.5 Å². The summed E-state index contributed by atoms with van der Waals surface area (Å²) in [5, 5.41) is 12.0. The molecular formula is C38H44N4O3. The molecule has 45 heavy (non-hydrogen) atoms. The third kappa shape index (κ3) is 7.54. The van der Waals surface area contributed by atoms with Gasteiger partial charge in [0.15, 0.2) is 0 Å². The molecule has 7 rings (SSSR count). The molecule has 0 aromatic heterocycles. The minimum absolute atomic E-state index is 0.0174. The third-order valence-corrected chi connectivity index (χ3v) is 9.41. The maximum atomic E-state index is 12.6. The summed E-state index contributed by atoms with van der Waals surface area (Å²) in [4.78, 5) is 26.1. The van der Waals surface area contributed by atoms with Crippen LogP contribution < -0.4 is 5.32 Å². The second-order valence-electron chi connectivity index (χ2n) is 12.9. The van der Waals surface area contributed by atoms with Crippen molar-refractivity contribution in [3.05, 3.63) is 113 Å². The van der Waals surface area contributed by atoms with E-state index in [9.17, 15) is 4.79 Å². The van der Waals surface area contributed by atoms with Gasteiger partial charge in [0.05, 0.1) is 11.4 Å². The molecule has 0 unspecified atom stereocenters. The first kappa shape index (κ1) is 30.8. The van der Waals surface area contributed by atoms with Crippen molar-refractivity contribution in [3.63, 3.8) is 0 Å². The number of piperidine rings is 2. The molecule has 2 spiro atoms. The van der Waals surface area contributed by atoms with Gasteiger partial charge in [0.2, 0.25) is 5.91 Å². The van der Waals surface area contributed by atoms with Gasteiger partial charge in [-0.2, -0.15) is 0 Å². The molecule has 0 bridgehead atoms. The molecule has 1 amide bonds. The predicted molar refractivity (Wildman–Crippen MR) is 180 cm³/mol. The van der Waals surface area contributed by atoms with Gasteiger partial charge in [-0.3, -0.25) is 4.79 Å². The molecule has 1 N–H and O–H groups in total. The van der Waals surface area contributed by atoms with Crippen molar-refractivity contribution >= 4 is 23.4 Å². The predicted octanol–water partition coefficient (Wildman–Crippen LogP) is 6.94. The number of carbonyl (C=O) groups excluding carboxylic acids is 1. The highest BCUT2D eigenvalue weighted by Crippen LogP contribution is 2.36. The molecule has 7 nitrogen and oxygen atoms in total. The van der Waals surface area contributed by atoms with Crippen LogP contribution in [0.3, 0.4) is 0 Å². The zero-order chi connectivity index (χ0) is 31.1. The van der Waals surface area contributed by atoms with E-state index in [1.54, 1.807) is 6.08 Å². The van der Waals surface area contributed by atoms with Crippen molar-refractivity contribution in [2.24, 2.45) is 10.3 Å². The Labute approximate surface area is 267 Å². The van der Waals surface area contributed by atoms with Gasteiger partial charge in [-0.15, -0.1) is 0 Å². The fourth-order valence-electron chi connectivity index (χ4n) is 6.43. The zero-order valence-corrected chi connectivity index (χ0v) is 26.5. The van der Waals surface area contributed by atoms with Crippen LogP contribution in [0.25, 0.3) is 6.08 Å². The number of carbonyl (C=O) groups is 1. The summed E-state index contributed by atoms with van der Waals surface area (Å²) in [6.45, 7) is 7.84. The number of hydrogen-bond acceptors (Lipinski definition) is 6. The molecule has 4 aliphatic rings. The topological polar surface area (TPSA) is 75.5 Å². The van der Waals surface area contributed by atoms with Crippen LogP contribution in [-0.4, -0.2) is 59.6 Å². The van der Waals surface area contributed by atoms with Crippen LogP contribution in [0, 0.1) is 0 Å². The van der Waals surface area contributed by atoms with Gasteiger partial charge in [-0.25, -0.2) is 0 Å². The minimum atomic E-state index is -0.252. The third-order valence-electron chi connectivity index (χ3n) is 9.41. The van der Waals surface area contributed by atoms with E-state index in [1.807, 2.05) is 47.4 Å². The Morgan fingerprint density at radius 3 is 1.78 bits per heavy atom. The number of amides is 1. The monoisotopic (exact) mass is 604 g/mol. The summed E-state index contributed by atoms with van der Waals surface area (Å²) in [6.07, 6.45) is 9.11. The molecule has 234 valence electrons. The maximum absolute atomic E-state index is 12.6. The van der Waals surface area contributed by atoms with E-state index in [0.717, 1.165) is 74.2 Å². The van der Waals surface area contributed by atoms with E-state index in [0.29, 0.717) is 19.0 Å². The molecule has 0 radical (unpaired) electrons. The molecule has 3 aromatic carbocycles. The molecule has 7 heteroatoms. The zero-order valence-electron chi connectivity index (χ0n) is 26.5. The molecule has 4 heterocycles. The van der Waals surface area contributed by atoms with E-state index in [1.165, 1.54) is 11.1 Å². The van der Waals surface area contributed by atoms with Crippen molar-refractivity contribution in [1.29, 1.82) is 0 Å². The fraction of sp³-hybridized carbons (Fsp3) is 0.395. The average molecular weight is 605 g/mol. The van der Waals surface area contributed by atoms with Gasteiger partial charge in [0, 0.05) is 57.7 Å². The van der Waals surface area contributed by atoms with Crippen molar-refractivity contribution in [2.75, 3.05) is 26.2 Å². The summed E-state index contributed by atoms with van der Waals surface area (Å²) in [5.41, 5.74) is 6.51. The molecule has 0 saturated carbocycles. The number of hydrogen-bond donors (Lipinski definition) is 1. The second kappa shape index (κ2) is 13.8. The van der Waals surface area contributed by atoms with E-state index in [4.69, 9.17) is 9.68 Å². The van der Waals surface area contributed by atoms with Crippen LogP contribution in [0.15, 0.2) is 101 Å². The second-order valence-corrected chi connectivity index (χ2v) is 12.9. The lowest BCUT2D eigenvalue weighted by molar-refractivity contribution is -0.131. The van der Waals surface area contributed by atoms with E-state index < -0.39 is 0 Å². The molecule has 3 aromatic rings. The van der Waals surface area contributed by atoms with Gasteiger partial charge >= 0.3 is 0 Å². The highest BCUT2D eigenvalue weighted by atomic mass is 16.7. The molecule has 2 saturated heterocycles. The first-order valence-corrected chi connectivity index (χ1v) is 16.3. The minimum Gasteiger partial charge on any atom is -0.388 e. The summed E-state index contributed by atoms with van der Waals surface area (Å²) >= 11 is 0. The number of oxime groups is 2. The quantitative estimate of drug-likeness (QED) is 0.320. The SMILES string of the molecule is CC(C)c1ccc(/C=C/C(=O)N2CCC3(CC2)CC(c2ccccc2)=NO3)cc1.c1ccc(C2=NOC3(CCNCC3)C2)cc1. The summed E-state index contributed by atoms with van der Waals surface area (Å²) in [7, 11) is 0. The Bertz CT molecular complexity index is 1520. The highest BCUT2D eigenvalue weighted by Gasteiger charge is 2.43. The smallest absolute Gasteiger partial charge is 0.246 e. The molecule has 2 fully saturated rings. The Balaban J connectivity index is 0.000000187. The Morgan fingerprint density at radius 2 is 1.27 bits per heavy atom. The van der Waals surface area contributed by atoms with Gasteiger partial charge < -0.3 is 19.9 Å². The first-order chi connectivity index (χ1) is 21.9. The number of likely N-dealkylation sites (tertiary alicyclic amines) is 1. The number of nitrogens with one attached hydrogen (secondary N) is 1. The average Bonchev–Trinajstić information content (AvgIpc) is 3.70. The van der Waals surface area contributed by atoms with Gasteiger partial charge in [0.25, 0.3) is 0 Å². The first-order valence-electron chi connectivity index (χ1n) is 16.3. The summed E-state index contributed by atoms with van der Waals surface area (Å²) in [6, 6.07) is 28.9. The number of benzene rings is 3. The Kier molecular flexibility index (Phi) is 9.45.